The second kappa shape index (κ2) is 9.93. The second-order valence-electron chi connectivity index (χ2n) is 7.14. The van der Waals surface area contributed by atoms with Crippen LogP contribution in [0.4, 0.5) is 0 Å². The van der Waals surface area contributed by atoms with Crippen LogP contribution in [0, 0.1) is 20.8 Å². The molecule has 2 amide bonds. The van der Waals surface area contributed by atoms with Crippen molar-refractivity contribution in [1.82, 2.24) is 10.2 Å². The van der Waals surface area contributed by atoms with Crippen molar-refractivity contribution in [3.05, 3.63) is 64.7 Å². The minimum Gasteiger partial charge on any atom is -0.483 e. The number of ether oxygens (including phenoxy) is 1. The molecule has 1 atom stereocenters. The first kappa shape index (κ1) is 21.5. The minimum atomic E-state index is -0.587. The molecular weight excluding hydrogens is 352 g/mol. The van der Waals surface area contributed by atoms with Crippen molar-refractivity contribution >= 4 is 11.8 Å². The van der Waals surface area contributed by atoms with Gasteiger partial charge in [0.15, 0.2) is 6.61 Å². The third kappa shape index (κ3) is 5.84. The number of carbonyl (C=O) groups excluding carboxylic acids is 2. The van der Waals surface area contributed by atoms with Crippen molar-refractivity contribution in [2.75, 3.05) is 13.2 Å². The van der Waals surface area contributed by atoms with Gasteiger partial charge in [-0.2, -0.15) is 0 Å². The van der Waals surface area contributed by atoms with Crippen LogP contribution in [0.5, 0.6) is 5.75 Å². The predicted octanol–water partition coefficient (Wildman–Crippen LogP) is 3.54. The van der Waals surface area contributed by atoms with Crippen molar-refractivity contribution in [2.24, 2.45) is 0 Å². The number of nitrogens with one attached hydrogen (secondary N) is 1. The summed E-state index contributed by atoms with van der Waals surface area (Å²) >= 11 is 0. The zero-order valence-corrected chi connectivity index (χ0v) is 17.4. The summed E-state index contributed by atoms with van der Waals surface area (Å²) in [6, 6.07) is 13.3. The molecule has 2 rings (SSSR count). The van der Waals surface area contributed by atoms with Gasteiger partial charge in [-0.15, -0.1) is 0 Å². The molecule has 0 aromatic heterocycles. The normalized spacial score (nSPS) is 11.6. The van der Waals surface area contributed by atoms with E-state index in [1.54, 1.807) is 11.8 Å². The number of carbonyl (C=O) groups is 2. The molecule has 0 saturated heterocycles. The highest BCUT2D eigenvalue weighted by atomic mass is 16.5. The number of amides is 2. The van der Waals surface area contributed by atoms with Crippen LogP contribution >= 0.6 is 0 Å². The highest BCUT2D eigenvalue weighted by Crippen LogP contribution is 2.19. The van der Waals surface area contributed by atoms with Gasteiger partial charge < -0.3 is 15.0 Å². The van der Waals surface area contributed by atoms with Gasteiger partial charge in [0.25, 0.3) is 5.91 Å². The molecule has 150 valence electrons. The average Bonchev–Trinajstić information content (AvgIpc) is 2.67. The molecule has 0 saturated carbocycles. The maximum absolute atomic E-state index is 13.0. The van der Waals surface area contributed by atoms with Gasteiger partial charge in [0.1, 0.15) is 11.8 Å². The van der Waals surface area contributed by atoms with E-state index in [2.05, 4.69) is 5.32 Å². The number of benzene rings is 2. The zero-order valence-electron chi connectivity index (χ0n) is 17.4. The van der Waals surface area contributed by atoms with Crippen LogP contribution in [0.3, 0.4) is 0 Å². The number of rotatable bonds is 8. The van der Waals surface area contributed by atoms with Crippen LogP contribution < -0.4 is 10.1 Å². The van der Waals surface area contributed by atoms with E-state index < -0.39 is 6.04 Å². The number of aryl methyl sites for hydroxylation is 3. The van der Waals surface area contributed by atoms with Crippen LogP contribution in [0.15, 0.2) is 42.5 Å². The van der Waals surface area contributed by atoms with E-state index in [9.17, 15) is 9.59 Å². The molecule has 0 unspecified atom stereocenters. The first-order chi connectivity index (χ1) is 13.3. The topological polar surface area (TPSA) is 58.6 Å². The lowest BCUT2D eigenvalue weighted by Gasteiger charge is -2.28. The Morgan fingerprint density at radius 2 is 1.68 bits per heavy atom. The Morgan fingerprint density at radius 3 is 2.32 bits per heavy atom. The molecule has 0 fully saturated rings. The molecule has 1 N–H and O–H groups in total. The lowest BCUT2D eigenvalue weighted by Crippen LogP contribution is -2.49. The van der Waals surface area contributed by atoms with Crippen molar-refractivity contribution in [3.8, 4) is 5.75 Å². The van der Waals surface area contributed by atoms with Gasteiger partial charge in [0.2, 0.25) is 5.91 Å². The Kier molecular flexibility index (Phi) is 7.61. The van der Waals surface area contributed by atoms with Crippen molar-refractivity contribution < 1.29 is 14.3 Å². The van der Waals surface area contributed by atoms with E-state index in [0.29, 0.717) is 18.8 Å². The summed E-state index contributed by atoms with van der Waals surface area (Å²) in [6.07, 6.45) is 0. The van der Waals surface area contributed by atoms with Crippen molar-refractivity contribution in [2.45, 2.75) is 47.2 Å². The van der Waals surface area contributed by atoms with Gasteiger partial charge in [0.05, 0.1) is 0 Å². The zero-order chi connectivity index (χ0) is 20.7. The summed E-state index contributed by atoms with van der Waals surface area (Å²) in [5.41, 5.74) is 4.17. The number of nitrogens with zero attached hydrogens (tertiary/aromatic N) is 1. The third-order valence-corrected chi connectivity index (χ3v) is 4.69. The lowest BCUT2D eigenvalue weighted by atomic mass is 10.1. The largest absolute Gasteiger partial charge is 0.483 e. The molecule has 0 aliphatic rings. The van der Waals surface area contributed by atoms with Gasteiger partial charge >= 0.3 is 0 Å². The van der Waals surface area contributed by atoms with Crippen LogP contribution in [-0.4, -0.2) is 35.9 Å². The first-order valence-electron chi connectivity index (χ1n) is 9.64. The Labute approximate surface area is 167 Å². The SMILES string of the molecule is CCNC(=O)[C@H](C)N(Cc1ccc(C)cc1)C(=O)COc1cc(C)ccc1C. The predicted molar refractivity (Wildman–Crippen MR) is 111 cm³/mol. The Hall–Kier alpha value is -2.82. The van der Waals surface area contributed by atoms with E-state index in [1.807, 2.05) is 70.2 Å². The molecule has 5 heteroatoms. The van der Waals surface area contributed by atoms with E-state index in [-0.39, 0.29) is 18.4 Å². The summed E-state index contributed by atoms with van der Waals surface area (Å²) in [5.74, 6) is 0.296. The van der Waals surface area contributed by atoms with Crippen LogP contribution in [0.1, 0.15) is 36.1 Å². The Morgan fingerprint density at radius 1 is 1.04 bits per heavy atom. The smallest absolute Gasteiger partial charge is 0.261 e. The average molecular weight is 383 g/mol. The summed E-state index contributed by atoms with van der Waals surface area (Å²) in [7, 11) is 0. The van der Waals surface area contributed by atoms with Gasteiger partial charge in [0, 0.05) is 13.1 Å². The number of hydrogen-bond acceptors (Lipinski definition) is 3. The summed E-state index contributed by atoms with van der Waals surface area (Å²) in [5, 5.41) is 2.79. The minimum absolute atomic E-state index is 0.111. The lowest BCUT2D eigenvalue weighted by molar-refractivity contribution is -0.142. The van der Waals surface area contributed by atoms with Crippen molar-refractivity contribution in [1.29, 1.82) is 0 Å². The first-order valence-corrected chi connectivity index (χ1v) is 9.64. The fourth-order valence-electron chi connectivity index (χ4n) is 2.88. The quantitative estimate of drug-likeness (QED) is 0.760. The summed E-state index contributed by atoms with van der Waals surface area (Å²) < 4.78 is 5.78. The molecule has 2 aromatic carbocycles. The van der Waals surface area contributed by atoms with Crippen molar-refractivity contribution in [3.63, 3.8) is 0 Å². The van der Waals surface area contributed by atoms with E-state index in [1.165, 1.54) is 0 Å². The van der Waals surface area contributed by atoms with E-state index >= 15 is 0 Å². The molecule has 0 heterocycles. The van der Waals surface area contributed by atoms with Gasteiger partial charge in [-0.1, -0.05) is 42.0 Å². The molecule has 28 heavy (non-hydrogen) atoms. The number of hydrogen-bond donors (Lipinski definition) is 1. The fourth-order valence-corrected chi connectivity index (χ4v) is 2.88. The highest BCUT2D eigenvalue weighted by molar-refractivity contribution is 5.87. The van der Waals surface area contributed by atoms with Gasteiger partial charge in [-0.25, -0.2) is 0 Å². The Balaban J connectivity index is 2.16. The number of likely N-dealkylation sites (N-methyl/N-ethyl adjacent to an activating group) is 1. The van der Waals surface area contributed by atoms with Crippen LogP contribution in [0.25, 0.3) is 0 Å². The molecule has 0 radical (unpaired) electrons. The van der Waals surface area contributed by atoms with Gasteiger partial charge in [-0.3, -0.25) is 9.59 Å². The maximum Gasteiger partial charge on any atom is 0.261 e. The van der Waals surface area contributed by atoms with E-state index in [0.717, 1.165) is 22.3 Å². The Bertz CT molecular complexity index is 815. The van der Waals surface area contributed by atoms with Crippen LogP contribution in [0.2, 0.25) is 0 Å². The fraction of sp³-hybridized carbons (Fsp3) is 0.391. The molecular formula is C23H30N2O3. The van der Waals surface area contributed by atoms with Gasteiger partial charge in [-0.05, 0) is 57.4 Å². The second-order valence-corrected chi connectivity index (χ2v) is 7.14. The molecule has 5 nitrogen and oxygen atoms in total. The summed E-state index contributed by atoms with van der Waals surface area (Å²) in [4.78, 5) is 26.9. The third-order valence-electron chi connectivity index (χ3n) is 4.69. The highest BCUT2D eigenvalue weighted by Gasteiger charge is 2.26. The molecule has 0 bridgehead atoms. The molecule has 0 aliphatic heterocycles. The molecule has 0 spiro atoms. The molecule has 0 aliphatic carbocycles. The standard InChI is InChI=1S/C23H30N2O3/c1-6-24-23(27)19(5)25(14-20-11-8-16(2)9-12-20)22(26)15-28-21-13-17(3)7-10-18(21)4/h7-13,19H,6,14-15H2,1-5H3,(H,24,27)/t19-/m0/s1. The molecule has 2 aromatic rings. The van der Waals surface area contributed by atoms with Crippen LogP contribution in [-0.2, 0) is 16.1 Å². The monoisotopic (exact) mass is 382 g/mol. The maximum atomic E-state index is 13.0. The van der Waals surface area contributed by atoms with E-state index in [4.69, 9.17) is 4.74 Å². The summed E-state index contributed by atoms with van der Waals surface area (Å²) in [6.45, 7) is 10.3.